The zero-order valence-corrected chi connectivity index (χ0v) is 17.2. The molecule has 0 aliphatic carbocycles. The highest BCUT2D eigenvalue weighted by atomic mass is 32.2. The van der Waals surface area contributed by atoms with Crippen LogP contribution in [0.4, 0.5) is 30.2 Å². The van der Waals surface area contributed by atoms with Crippen molar-refractivity contribution in [2.45, 2.75) is 22.7 Å². The highest BCUT2D eigenvalue weighted by Gasteiger charge is 2.33. The van der Waals surface area contributed by atoms with Gasteiger partial charge < -0.3 is 20.3 Å². The molecule has 10 heteroatoms. The van der Waals surface area contributed by atoms with Crippen LogP contribution in [0.15, 0.2) is 47.4 Å². The number of alkyl halides is 3. The van der Waals surface area contributed by atoms with Crippen LogP contribution in [0.5, 0.6) is 0 Å². The Bertz CT molecular complexity index is 993. The Hall–Kier alpha value is -2.72. The van der Waals surface area contributed by atoms with Crippen LogP contribution in [0.3, 0.4) is 0 Å². The number of carbonyl (C=O) groups is 2. The summed E-state index contributed by atoms with van der Waals surface area (Å²) in [6.45, 7) is 1.91. The van der Waals surface area contributed by atoms with Crippen molar-refractivity contribution in [2.24, 2.45) is 0 Å². The predicted octanol–water partition coefficient (Wildman–Crippen LogP) is 3.98. The fourth-order valence-electron chi connectivity index (χ4n) is 3.49. The minimum Gasteiger partial charge on any atom is -0.378 e. The van der Waals surface area contributed by atoms with Crippen LogP contribution in [-0.2, 0) is 20.5 Å². The van der Waals surface area contributed by atoms with E-state index < -0.39 is 22.9 Å². The van der Waals surface area contributed by atoms with Gasteiger partial charge in [0, 0.05) is 24.4 Å². The Balaban J connectivity index is 1.53. The van der Waals surface area contributed by atoms with Crippen molar-refractivity contribution in [3.05, 3.63) is 48.0 Å². The van der Waals surface area contributed by atoms with Crippen molar-refractivity contribution in [2.75, 3.05) is 41.8 Å². The number of carbonyl (C=O) groups excluding carboxylic acids is 2. The van der Waals surface area contributed by atoms with Gasteiger partial charge in [0.25, 0.3) is 0 Å². The molecule has 1 saturated heterocycles. The molecular formula is C21H20F3N3O3S. The number of rotatable bonds is 4. The molecule has 2 amide bonds. The molecule has 0 saturated carbocycles. The Kier molecular flexibility index (Phi) is 6.10. The molecule has 1 fully saturated rings. The number of ether oxygens (including phenoxy) is 1. The average molecular weight is 451 g/mol. The first-order chi connectivity index (χ1) is 14.8. The van der Waals surface area contributed by atoms with Crippen molar-refractivity contribution in [1.82, 2.24) is 0 Å². The van der Waals surface area contributed by atoms with E-state index in [9.17, 15) is 22.8 Å². The number of halogens is 3. The number of anilines is 3. The molecule has 2 N–H and O–H groups in total. The van der Waals surface area contributed by atoms with Gasteiger partial charge in [-0.3, -0.25) is 9.59 Å². The highest BCUT2D eigenvalue weighted by Crippen LogP contribution is 2.38. The molecule has 2 heterocycles. The second kappa shape index (κ2) is 8.80. The van der Waals surface area contributed by atoms with Gasteiger partial charge in [0.2, 0.25) is 11.8 Å². The summed E-state index contributed by atoms with van der Waals surface area (Å²) in [5.41, 5.74) is 0.402. The number of nitrogens with one attached hydrogen (secondary N) is 2. The van der Waals surface area contributed by atoms with Crippen molar-refractivity contribution >= 4 is 40.6 Å². The SMILES string of the molecule is O=C(C[C@H]1Sc2ccccc2NC1=O)Nc1cc(C(F)(F)F)ccc1N1CCOCC1. The number of nitrogens with zero attached hydrogens (tertiary/aromatic N) is 1. The van der Waals surface area contributed by atoms with Crippen molar-refractivity contribution in [1.29, 1.82) is 0 Å². The molecule has 2 aromatic rings. The third-order valence-corrected chi connectivity index (χ3v) is 6.30. The molecule has 2 aliphatic heterocycles. The van der Waals surface area contributed by atoms with Crippen LogP contribution < -0.4 is 15.5 Å². The molecule has 0 spiro atoms. The maximum Gasteiger partial charge on any atom is 0.416 e. The van der Waals surface area contributed by atoms with Gasteiger partial charge in [-0.2, -0.15) is 13.2 Å². The van der Waals surface area contributed by atoms with E-state index in [1.165, 1.54) is 17.8 Å². The van der Waals surface area contributed by atoms with Gasteiger partial charge in [0.15, 0.2) is 0 Å². The second-order valence-electron chi connectivity index (χ2n) is 7.17. The minimum absolute atomic E-state index is 0.0725. The first-order valence-corrected chi connectivity index (χ1v) is 10.6. The van der Waals surface area contributed by atoms with E-state index in [1.807, 2.05) is 17.0 Å². The Labute approximate surface area is 181 Å². The quantitative estimate of drug-likeness (QED) is 0.736. The zero-order valence-electron chi connectivity index (χ0n) is 16.4. The molecule has 4 rings (SSSR count). The lowest BCUT2D eigenvalue weighted by atomic mass is 10.1. The molecule has 164 valence electrons. The highest BCUT2D eigenvalue weighted by molar-refractivity contribution is 8.01. The molecule has 0 unspecified atom stereocenters. The van der Waals surface area contributed by atoms with Crippen LogP contribution in [0, 0.1) is 0 Å². The lowest BCUT2D eigenvalue weighted by molar-refractivity contribution is -0.137. The summed E-state index contributed by atoms with van der Waals surface area (Å²) < 4.78 is 45.0. The van der Waals surface area contributed by atoms with E-state index in [4.69, 9.17) is 4.74 Å². The van der Waals surface area contributed by atoms with Crippen LogP contribution in [0.1, 0.15) is 12.0 Å². The first kappa shape index (κ1) is 21.5. The summed E-state index contributed by atoms with van der Waals surface area (Å²) in [6.07, 6.45) is -4.70. The third-order valence-electron chi connectivity index (χ3n) is 5.03. The van der Waals surface area contributed by atoms with Crippen molar-refractivity contribution < 1.29 is 27.5 Å². The fourth-order valence-corrected chi connectivity index (χ4v) is 4.60. The monoisotopic (exact) mass is 451 g/mol. The Morgan fingerprint density at radius 3 is 2.68 bits per heavy atom. The van der Waals surface area contributed by atoms with E-state index in [2.05, 4.69) is 10.6 Å². The van der Waals surface area contributed by atoms with Crippen molar-refractivity contribution in [3.8, 4) is 0 Å². The van der Waals surface area contributed by atoms with Crippen LogP contribution in [0.25, 0.3) is 0 Å². The standard InChI is InChI=1S/C21H20F3N3O3S/c22-21(23,24)13-5-6-16(27-7-9-30-10-8-27)15(11-13)25-19(28)12-18-20(29)26-14-3-1-2-4-17(14)31-18/h1-6,11,18H,7-10,12H2,(H,25,28)(H,26,29)/t18-/m1/s1. The maximum atomic E-state index is 13.2. The number of morpholine rings is 1. The third kappa shape index (κ3) is 4.96. The minimum atomic E-state index is -4.54. The molecule has 6 nitrogen and oxygen atoms in total. The molecule has 31 heavy (non-hydrogen) atoms. The van der Waals surface area contributed by atoms with Gasteiger partial charge in [0.1, 0.15) is 0 Å². The molecule has 1 atom stereocenters. The van der Waals surface area contributed by atoms with Gasteiger partial charge in [-0.05, 0) is 30.3 Å². The fraction of sp³-hybridized carbons (Fsp3) is 0.333. The number of benzene rings is 2. The molecular weight excluding hydrogens is 431 g/mol. The lowest BCUT2D eigenvalue weighted by Gasteiger charge is -2.31. The van der Waals surface area contributed by atoms with E-state index in [-0.39, 0.29) is 18.0 Å². The summed E-state index contributed by atoms with van der Waals surface area (Å²) in [4.78, 5) is 27.8. The van der Waals surface area contributed by atoms with Gasteiger partial charge in [-0.15, -0.1) is 11.8 Å². The van der Waals surface area contributed by atoms with Crippen LogP contribution >= 0.6 is 11.8 Å². The molecule has 0 aromatic heterocycles. The lowest BCUT2D eigenvalue weighted by Crippen LogP contribution is -2.37. The maximum absolute atomic E-state index is 13.2. The number of thioether (sulfide) groups is 1. The summed E-state index contributed by atoms with van der Waals surface area (Å²) >= 11 is 1.26. The number of hydrogen-bond acceptors (Lipinski definition) is 5. The van der Waals surface area contributed by atoms with Crippen LogP contribution in [0.2, 0.25) is 0 Å². The van der Waals surface area contributed by atoms with Crippen molar-refractivity contribution in [3.63, 3.8) is 0 Å². The largest absolute Gasteiger partial charge is 0.416 e. The number of para-hydroxylation sites is 1. The van der Waals surface area contributed by atoms with E-state index in [0.717, 1.165) is 17.0 Å². The topological polar surface area (TPSA) is 70.7 Å². The zero-order chi connectivity index (χ0) is 22.0. The van der Waals surface area contributed by atoms with E-state index >= 15 is 0 Å². The summed E-state index contributed by atoms with van der Waals surface area (Å²) in [5.74, 6) is -0.836. The molecule has 0 radical (unpaired) electrons. The van der Waals surface area contributed by atoms with E-state index in [1.54, 1.807) is 12.1 Å². The summed E-state index contributed by atoms with van der Waals surface area (Å²) in [7, 11) is 0. The molecule has 2 aromatic carbocycles. The summed E-state index contributed by atoms with van der Waals surface area (Å²) in [5, 5.41) is 4.68. The molecule has 0 bridgehead atoms. The van der Waals surface area contributed by atoms with E-state index in [0.29, 0.717) is 37.7 Å². The average Bonchev–Trinajstić information content (AvgIpc) is 2.74. The molecule has 2 aliphatic rings. The second-order valence-corrected chi connectivity index (χ2v) is 8.42. The van der Waals surface area contributed by atoms with Gasteiger partial charge in [-0.1, -0.05) is 12.1 Å². The Morgan fingerprint density at radius 1 is 1.19 bits per heavy atom. The van der Waals surface area contributed by atoms with Gasteiger partial charge in [0.05, 0.1) is 41.1 Å². The number of hydrogen-bond donors (Lipinski definition) is 2. The number of amides is 2. The van der Waals surface area contributed by atoms with Gasteiger partial charge >= 0.3 is 6.18 Å². The summed E-state index contributed by atoms with van der Waals surface area (Å²) in [6, 6.07) is 10.5. The predicted molar refractivity (Wildman–Crippen MR) is 112 cm³/mol. The van der Waals surface area contributed by atoms with Crippen LogP contribution in [-0.4, -0.2) is 43.4 Å². The Morgan fingerprint density at radius 2 is 1.94 bits per heavy atom. The van der Waals surface area contributed by atoms with Gasteiger partial charge in [-0.25, -0.2) is 0 Å². The normalized spacial score (nSPS) is 18.9. The number of fused-ring (bicyclic) bond motifs is 1. The smallest absolute Gasteiger partial charge is 0.378 e. The first-order valence-electron chi connectivity index (χ1n) is 9.71.